The first-order valence-corrected chi connectivity index (χ1v) is 8.66. The Bertz CT molecular complexity index is 597. The molecular weight excluding hydrogens is 282 g/mol. The molecule has 3 rings (SSSR count). The van der Waals surface area contributed by atoms with Crippen LogP contribution < -0.4 is 10.1 Å². The van der Waals surface area contributed by atoms with Gasteiger partial charge in [0.25, 0.3) is 0 Å². The fraction of sp³-hybridized carbons (Fsp3) is 0.429. The van der Waals surface area contributed by atoms with Gasteiger partial charge in [-0.05, 0) is 55.1 Å². The van der Waals surface area contributed by atoms with Gasteiger partial charge in [-0.3, -0.25) is 0 Å². The number of rotatable bonds is 5. The van der Waals surface area contributed by atoms with Crippen LogP contribution in [0, 0.1) is 5.92 Å². The predicted molar refractivity (Wildman–Crippen MR) is 96.1 cm³/mol. The molecule has 0 atom stereocenters. The maximum absolute atomic E-state index is 5.99. The summed E-state index contributed by atoms with van der Waals surface area (Å²) in [6.45, 7) is 7.63. The van der Waals surface area contributed by atoms with Crippen molar-refractivity contribution in [2.45, 2.75) is 32.1 Å². The fourth-order valence-electron chi connectivity index (χ4n) is 3.25. The highest BCUT2D eigenvalue weighted by Crippen LogP contribution is 2.32. The van der Waals surface area contributed by atoms with Crippen molar-refractivity contribution in [2.24, 2.45) is 5.92 Å². The molecule has 2 heteroatoms. The van der Waals surface area contributed by atoms with Crippen LogP contribution in [0.15, 0.2) is 54.6 Å². The van der Waals surface area contributed by atoms with Crippen LogP contribution in [-0.2, 0) is 5.41 Å². The first kappa shape index (κ1) is 16.1. The van der Waals surface area contributed by atoms with Crippen molar-refractivity contribution in [1.29, 1.82) is 0 Å². The molecular formula is C21H27NO. The maximum Gasteiger partial charge on any atom is 0.119 e. The summed E-state index contributed by atoms with van der Waals surface area (Å²) in [5.41, 5.74) is 2.66. The molecule has 122 valence electrons. The first-order chi connectivity index (χ1) is 11.2. The van der Waals surface area contributed by atoms with Crippen molar-refractivity contribution < 1.29 is 4.74 Å². The van der Waals surface area contributed by atoms with E-state index >= 15 is 0 Å². The van der Waals surface area contributed by atoms with Crippen LogP contribution in [0.2, 0.25) is 0 Å². The zero-order valence-electron chi connectivity index (χ0n) is 14.2. The minimum atomic E-state index is 0.00876. The molecule has 2 aromatic carbocycles. The highest BCUT2D eigenvalue weighted by Gasteiger charge is 2.22. The normalized spacial score (nSPS) is 16.3. The molecule has 0 radical (unpaired) electrons. The molecule has 1 fully saturated rings. The monoisotopic (exact) mass is 309 g/mol. The Morgan fingerprint density at radius 1 is 0.913 bits per heavy atom. The van der Waals surface area contributed by atoms with E-state index in [9.17, 15) is 0 Å². The first-order valence-electron chi connectivity index (χ1n) is 8.66. The summed E-state index contributed by atoms with van der Waals surface area (Å²) in [7, 11) is 0. The number of benzene rings is 2. The third kappa shape index (κ3) is 3.94. The maximum atomic E-state index is 5.99. The number of piperidine rings is 1. The lowest BCUT2D eigenvalue weighted by atomic mass is 9.78. The van der Waals surface area contributed by atoms with Crippen molar-refractivity contribution >= 4 is 0 Å². The average molecular weight is 309 g/mol. The molecule has 0 saturated carbocycles. The van der Waals surface area contributed by atoms with Gasteiger partial charge in [-0.15, -0.1) is 0 Å². The van der Waals surface area contributed by atoms with Gasteiger partial charge < -0.3 is 10.1 Å². The Morgan fingerprint density at radius 2 is 1.52 bits per heavy atom. The lowest BCUT2D eigenvalue weighted by Crippen LogP contribution is -2.30. The molecule has 0 aliphatic carbocycles. The van der Waals surface area contributed by atoms with Crippen molar-refractivity contribution in [3.8, 4) is 5.75 Å². The van der Waals surface area contributed by atoms with Gasteiger partial charge in [0.1, 0.15) is 5.75 Å². The molecule has 2 aromatic rings. The molecule has 1 saturated heterocycles. The molecule has 0 amide bonds. The van der Waals surface area contributed by atoms with E-state index in [-0.39, 0.29) is 5.41 Å². The summed E-state index contributed by atoms with van der Waals surface area (Å²) >= 11 is 0. The van der Waals surface area contributed by atoms with Gasteiger partial charge in [-0.1, -0.05) is 56.3 Å². The number of hydrogen-bond acceptors (Lipinski definition) is 2. The molecule has 0 unspecified atom stereocenters. The second-order valence-corrected chi connectivity index (χ2v) is 7.02. The number of nitrogens with one attached hydrogen (secondary N) is 1. The topological polar surface area (TPSA) is 21.3 Å². The van der Waals surface area contributed by atoms with E-state index in [0.717, 1.165) is 25.4 Å². The van der Waals surface area contributed by atoms with E-state index in [2.05, 4.69) is 73.8 Å². The van der Waals surface area contributed by atoms with Gasteiger partial charge in [0, 0.05) is 5.41 Å². The molecule has 0 spiro atoms. The second kappa shape index (κ2) is 7.18. The quantitative estimate of drug-likeness (QED) is 0.884. The molecule has 23 heavy (non-hydrogen) atoms. The van der Waals surface area contributed by atoms with E-state index in [0.29, 0.717) is 5.92 Å². The number of hydrogen-bond donors (Lipinski definition) is 1. The van der Waals surface area contributed by atoms with Crippen LogP contribution in [0.4, 0.5) is 0 Å². The van der Waals surface area contributed by atoms with Crippen LogP contribution in [0.3, 0.4) is 0 Å². The minimum absolute atomic E-state index is 0.00876. The van der Waals surface area contributed by atoms with Crippen molar-refractivity contribution in [2.75, 3.05) is 19.7 Å². The summed E-state index contributed by atoms with van der Waals surface area (Å²) in [5, 5.41) is 3.40. The zero-order chi connectivity index (χ0) is 16.1. The summed E-state index contributed by atoms with van der Waals surface area (Å²) in [4.78, 5) is 0. The van der Waals surface area contributed by atoms with Crippen LogP contribution in [-0.4, -0.2) is 19.7 Å². The second-order valence-electron chi connectivity index (χ2n) is 7.02. The van der Waals surface area contributed by atoms with Gasteiger partial charge in [0.15, 0.2) is 0 Å². The minimum Gasteiger partial charge on any atom is -0.493 e. The van der Waals surface area contributed by atoms with Gasteiger partial charge in [0.05, 0.1) is 6.61 Å². The fourth-order valence-corrected chi connectivity index (χ4v) is 3.25. The smallest absolute Gasteiger partial charge is 0.119 e. The Balaban J connectivity index is 1.64. The van der Waals surface area contributed by atoms with E-state index in [4.69, 9.17) is 4.74 Å². The van der Waals surface area contributed by atoms with Crippen molar-refractivity contribution in [1.82, 2.24) is 5.32 Å². The van der Waals surface area contributed by atoms with Crippen LogP contribution >= 0.6 is 0 Å². The Labute approximate surface area is 139 Å². The Hall–Kier alpha value is -1.80. The van der Waals surface area contributed by atoms with Gasteiger partial charge in [-0.25, -0.2) is 0 Å². The molecule has 0 bridgehead atoms. The average Bonchev–Trinajstić information content (AvgIpc) is 2.62. The van der Waals surface area contributed by atoms with Gasteiger partial charge in [0.2, 0.25) is 0 Å². The van der Waals surface area contributed by atoms with Gasteiger partial charge in [-0.2, -0.15) is 0 Å². The van der Waals surface area contributed by atoms with E-state index in [1.807, 2.05) is 0 Å². The molecule has 1 N–H and O–H groups in total. The SMILES string of the molecule is CC(C)(c1ccccc1)c1ccc(OCC2CCNCC2)cc1. The molecule has 1 heterocycles. The third-order valence-electron chi connectivity index (χ3n) is 5.02. The zero-order valence-corrected chi connectivity index (χ0v) is 14.2. The van der Waals surface area contributed by atoms with Crippen molar-refractivity contribution in [3.05, 3.63) is 65.7 Å². The van der Waals surface area contributed by atoms with E-state index in [1.54, 1.807) is 0 Å². The third-order valence-corrected chi connectivity index (χ3v) is 5.02. The molecule has 2 nitrogen and oxygen atoms in total. The predicted octanol–water partition coefficient (Wildman–Crippen LogP) is 4.39. The van der Waals surface area contributed by atoms with E-state index in [1.165, 1.54) is 24.0 Å². The summed E-state index contributed by atoms with van der Waals surface area (Å²) in [6, 6.07) is 19.3. The van der Waals surface area contributed by atoms with E-state index < -0.39 is 0 Å². The highest BCUT2D eigenvalue weighted by atomic mass is 16.5. The molecule has 1 aliphatic heterocycles. The lowest BCUT2D eigenvalue weighted by Gasteiger charge is -2.26. The standard InChI is InChI=1S/C21H27NO/c1-21(2,18-6-4-3-5-7-18)19-8-10-20(11-9-19)23-16-17-12-14-22-15-13-17/h3-11,17,22H,12-16H2,1-2H3. The lowest BCUT2D eigenvalue weighted by molar-refractivity contribution is 0.215. The summed E-state index contributed by atoms with van der Waals surface area (Å²) in [5.74, 6) is 1.67. The Kier molecular flexibility index (Phi) is 5.02. The molecule has 1 aliphatic rings. The van der Waals surface area contributed by atoms with Crippen LogP contribution in [0.25, 0.3) is 0 Å². The van der Waals surface area contributed by atoms with Crippen LogP contribution in [0.5, 0.6) is 5.75 Å². The largest absolute Gasteiger partial charge is 0.493 e. The van der Waals surface area contributed by atoms with Crippen molar-refractivity contribution in [3.63, 3.8) is 0 Å². The Morgan fingerprint density at radius 3 is 2.17 bits per heavy atom. The highest BCUT2D eigenvalue weighted by molar-refractivity contribution is 5.39. The van der Waals surface area contributed by atoms with Crippen LogP contribution in [0.1, 0.15) is 37.8 Å². The summed E-state index contributed by atoms with van der Waals surface area (Å²) < 4.78 is 5.99. The van der Waals surface area contributed by atoms with Gasteiger partial charge >= 0.3 is 0 Å². The summed E-state index contributed by atoms with van der Waals surface area (Å²) in [6.07, 6.45) is 2.44. The molecule has 0 aromatic heterocycles. The number of ether oxygens (including phenoxy) is 1.